The van der Waals surface area contributed by atoms with Crippen LogP contribution < -0.4 is 5.32 Å². The van der Waals surface area contributed by atoms with E-state index in [9.17, 15) is 18.7 Å². The summed E-state index contributed by atoms with van der Waals surface area (Å²) in [5, 5.41) is 16.5. The van der Waals surface area contributed by atoms with E-state index in [-0.39, 0.29) is 0 Å². The summed E-state index contributed by atoms with van der Waals surface area (Å²) in [5.74, 6) is -3.12. The van der Waals surface area contributed by atoms with Gasteiger partial charge >= 0.3 is 27.1 Å². The highest BCUT2D eigenvalue weighted by Gasteiger charge is 2.43. The molecule has 0 aliphatic rings. The average molecular weight is 321 g/mol. The first-order valence-corrected chi connectivity index (χ1v) is 8.00. The van der Waals surface area contributed by atoms with E-state index >= 15 is 0 Å². The Morgan fingerprint density at radius 3 is 1.68 bits per heavy atom. The minimum atomic E-state index is -5.18. The zero-order chi connectivity index (χ0) is 15.4. The van der Waals surface area contributed by atoms with Crippen LogP contribution in [0.15, 0.2) is 0 Å². The molecule has 0 saturated heterocycles. The summed E-state index contributed by atoms with van der Waals surface area (Å²) < 4.78 is 21.8. The van der Waals surface area contributed by atoms with Crippen LogP contribution >= 0.6 is 15.2 Å². The van der Waals surface area contributed by atoms with Crippen LogP contribution in [0.5, 0.6) is 0 Å². The molecule has 0 heterocycles. The topological polar surface area (TPSA) is 202 Å². The molecule has 0 fully saturated rings. The molecule has 0 aromatic heterocycles. The maximum Gasteiger partial charge on any atom is 0.342 e. The number of hydrogen-bond donors (Lipinski definition) is 7. The van der Waals surface area contributed by atoms with Gasteiger partial charge in [-0.15, -0.1) is 0 Å². The van der Waals surface area contributed by atoms with Crippen LogP contribution in [-0.2, 0) is 18.7 Å². The predicted octanol–water partition coefficient (Wildman–Crippen LogP) is -1.81. The molecule has 19 heavy (non-hydrogen) atoms. The average Bonchev–Trinajstić information content (AvgIpc) is 2.10. The van der Waals surface area contributed by atoms with E-state index in [0.717, 1.165) is 0 Å². The summed E-state index contributed by atoms with van der Waals surface area (Å²) in [6.07, 6.45) is -0.912. The first-order valence-electron chi connectivity index (χ1n) is 4.64. The van der Waals surface area contributed by atoms with Crippen LogP contribution in [0.2, 0.25) is 0 Å². The number of carboxylic acid groups (broad SMARTS) is 2. The van der Waals surface area contributed by atoms with Gasteiger partial charge in [-0.25, -0.2) is 0 Å². The largest absolute Gasteiger partial charge is 0.481 e. The van der Waals surface area contributed by atoms with Gasteiger partial charge in [0.2, 0.25) is 0 Å². The molecule has 0 radical (unpaired) electrons. The highest BCUT2D eigenvalue weighted by Crippen LogP contribution is 2.59. The van der Waals surface area contributed by atoms with Crippen molar-refractivity contribution in [3.8, 4) is 0 Å². The summed E-state index contributed by atoms with van der Waals surface area (Å²) in [7, 11) is -10.4. The smallest absolute Gasteiger partial charge is 0.342 e. The molecule has 11 nitrogen and oxygen atoms in total. The van der Waals surface area contributed by atoms with Gasteiger partial charge in [-0.3, -0.25) is 18.7 Å². The SMILES string of the molecule is O=C(O)C[C@H](NCC(P(=O)(O)O)P(=O)(O)O)C(=O)O. The van der Waals surface area contributed by atoms with Crippen LogP contribution in [0.3, 0.4) is 0 Å². The standard InChI is InChI=1S/C6H13NO10P2/c8-4(9)1-3(6(10)11)7-2-5(18(12,13)14)19(15,16)17/h3,5,7H,1-2H2,(H,8,9)(H,10,11)(H2,12,13,14)(H2,15,16,17)/t3-/m0/s1. The maximum atomic E-state index is 10.9. The van der Waals surface area contributed by atoms with E-state index in [1.54, 1.807) is 0 Å². The van der Waals surface area contributed by atoms with E-state index in [4.69, 9.17) is 29.8 Å². The Bertz CT molecular complexity index is 415. The molecule has 7 N–H and O–H groups in total. The van der Waals surface area contributed by atoms with Gasteiger partial charge in [0.25, 0.3) is 0 Å². The Kier molecular flexibility index (Phi) is 6.30. The molecule has 0 aliphatic heterocycles. The van der Waals surface area contributed by atoms with Crippen molar-refractivity contribution in [2.24, 2.45) is 0 Å². The highest BCUT2D eigenvalue weighted by molar-refractivity contribution is 7.70. The maximum absolute atomic E-state index is 10.9. The number of carboxylic acids is 2. The molecule has 112 valence electrons. The van der Waals surface area contributed by atoms with Crippen molar-refractivity contribution in [2.75, 3.05) is 6.54 Å². The molecule has 13 heteroatoms. The van der Waals surface area contributed by atoms with Gasteiger partial charge in [-0.05, 0) is 0 Å². The third-order valence-corrected chi connectivity index (χ3v) is 5.72. The lowest BCUT2D eigenvalue weighted by Gasteiger charge is -2.21. The van der Waals surface area contributed by atoms with Crippen LogP contribution in [0.1, 0.15) is 6.42 Å². The quantitative estimate of drug-likeness (QED) is 0.248. The van der Waals surface area contributed by atoms with Crippen molar-refractivity contribution in [3.05, 3.63) is 0 Å². The monoisotopic (exact) mass is 321 g/mol. The Hall–Kier alpha value is -0.800. The Labute approximate surface area is 106 Å². The van der Waals surface area contributed by atoms with Gasteiger partial charge in [0.15, 0.2) is 5.40 Å². The normalized spacial score (nSPS) is 14.4. The second-order valence-corrected chi connectivity index (χ2v) is 7.57. The predicted molar refractivity (Wildman–Crippen MR) is 59.6 cm³/mol. The Balaban J connectivity index is 4.89. The summed E-state index contributed by atoms with van der Waals surface area (Å²) in [5.41, 5.74) is 0. The fraction of sp³-hybridized carbons (Fsp3) is 0.667. The number of aliphatic carboxylic acids is 2. The Morgan fingerprint density at radius 2 is 1.42 bits per heavy atom. The third kappa shape index (κ3) is 6.79. The van der Waals surface area contributed by atoms with Crippen LogP contribution in [-0.4, -0.2) is 59.7 Å². The molecule has 0 saturated carbocycles. The lowest BCUT2D eigenvalue weighted by atomic mass is 10.2. The van der Waals surface area contributed by atoms with Crippen molar-refractivity contribution < 1.29 is 48.5 Å². The van der Waals surface area contributed by atoms with Gasteiger partial charge in [0.1, 0.15) is 6.04 Å². The van der Waals surface area contributed by atoms with Gasteiger partial charge in [-0.2, -0.15) is 0 Å². The van der Waals surface area contributed by atoms with Crippen molar-refractivity contribution in [3.63, 3.8) is 0 Å². The highest BCUT2D eigenvalue weighted by atomic mass is 31.2. The number of carbonyl (C=O) groups is 2. The lowest BCUT2D eigenvalue weighted by molar-refractivity contribution is -0.145. The molecular formula is C6H13NO10P2. The van der Waals surface area contributed by atoms with Crippen LogP contribution in [0.4, 0.5) is 0 Å². The molecule has 0 spiro atoms. The Morgan fingerprint density at radius 1 is 1.00 bits per heavy atom. The molecule has 0 bridgehead atoms. The van der Waals surface area contributed by atoms with Gasteiger partial charge in [0.05, 0.1) is 6.42 Å². The number of rotatable bonds is 8. The molecule has 0 amide bonds. The second kappa shape index (κ2) is 6.58. The van der Waals surface area contributed by atoms with E-state index < -0.39 is 51.5 Å². The first-order chi connectivity index (χ1) is 8.35. The molecular weight excluding hydrogens is 308 g/mol. The minimum absolute atomic E-state index is 0.912. The fourth-order valence-electron chi connectivity index (χ4n) is 1.10. The summed E-state index contributed by atoms with van der Waals surface area (Å²) in [6, 6.07) is -1.72. The van der Waals surface area contributed by atoms with Crippen LogP contribution in [0, 0.1) is 0 Å². The summed E-state index contributed by atoms with van der Waals surface area (Å²) >= 11 is 0. The molecule has 0 rings (SSSR count). The van der Waals surface area contributed by atoms with Crippen molar-refractivity contribution in [1.29, 1.82) is 0 Å². The fourth-order valence-corrected chi connectivity index (χ4v) is 3.36. The lowest BCUT2D eigenvalue weighted by Crippen LogP contribution is -2.42. The summed E-state index contributed by atoms with van der Waals surface area (Å²) in [4.78, 5) is 56.0. The van der Waals surface area contributed by atoms with E-state index in [1.807, 2.05) is 5.32 Å². The van der Waals surface area contributed by atoms with Gasteiger partial charge in [-0.1, -0.05) is 0 Å². The number of hydrogen-bond acceptors (Lipinski definition) is 5. The molecule has 1 atom stereocenters. The second-order valence-electron chi connectivity index (χ2n) is 3.56. The first kappa shape index (κ1) is 18.2. The van der Waals surface area contributed by atoms with Crippen molar-refractivity contribution >= 4 is 27.1 Å². The number of nitrogens with one attached hydrogen (secondary N) is 1. The van der Waals surface area contributed by atoms with Gasteiger partial charge < -0.3 is 35.1 Å². The minimum Gasteiger partial charge on any atom is -0.481 e. The molecule has 0 unspecified atom stereocenters. The van der Waals surface area contributed by atoms with E-state index in [1.165, 1.54) is 0 Å². The van der Waals surface area contributed by atoms with E-state index in [0.29, 0.717) is 0 Å². The zero-order valence-electron chi connectivity index (χ0n) is 9.28. The third-order valence-electron chi connectivity index (χ3n) is 2.00. The van der Waals surface area contributed by atoms with Crippen LogP contribution in [0.25, 0.3) is 0 Å². The molecule has 0 aromatic carbocycles. The molecule has 0 aromatic rings. The van der Waals surface area contributed by atoms with Crippen molar-refractivity contribution in [1.82, 2.24) is 5.32 Å². The van der Waals surface area contributed by atoms with Crippen molar-refractivity contribution in [2.45, 2.75) is 17.9 Å². The van der Waals surface area contributed by atoms with E-state index in [2.05, 4.69) is 0 Å². The summed E-state index contributed by atoms with van der Waals surface area (Å²) in [6.45, 7) is -1.04. The van der Waals surface area contributed by atoms with Gasteiger partial charge in [0, 0.05) is 6.54 Å². The zero-order valence-corrected chi connectivity index (χ0v) is 11.1. The molecule has 0 aliphatic carbocycles.